The molecular formula is C19H26N2O4. The first-order chi connectivity index (χ1) is 11.8. The standard InChI is InChI=1S/C19H26N2O4/c1-19(2,18(24)25)12-21-17(23)15-9-7-13(8-10-15)11-20-16(22)14-5-3-4-6-14/h7-10,14H,3-6,11-12H2,1-2H3,(H,20,22)(H,21,23)(H,24,25). The number of hydrogen-bond donors (Lipinski definition) is 3. The van der Waals surface area contributed by atoms with Crippen molar-refractivity contribution < 1.29 is 19.5 Å². The molecule has 0 spiro atoms. The van der Waals surface area contributed by atoms with Crippen molar-refractivity contribution in [1.82, 2.24) is 10.6 Å². The van der Waals surface area contributed by atoms with Crippen molar-refractivity contribution in [2.45, 2.75) is 46.1 Å². The van der Waals surface area contributed by atoms with Gasteiger partial charge >= 0.3 is 5.97 Å². The smallest absolute Gasteiger partial charge is 0.310 e. The van der Waals surface area contributed by atoms with E-state index in [0.29, 0.717) is 12.1 Å². The maximum absolute atomic E-state index is 12.1. The molecule has 1 fully saturated rings. The molecule has 3 N–H and O–H groups in total. The maximum atomic E-state index is 12.1. The third kappa shape index (κ3) is 5.31. The van der Waals surface area contributed by atoms with Crippen LogP contribution < -0.4 is 10.6 Å². The average molecular weight is 346 g/mol. The largest absolute Gasteiger partial charge is 0.481 e. The van der Waals surface area contributed by atoms with E-state index in [4.69, 9.17) is 5.11 Å². The van der Waals surface area contributed by atoms with E-state index in [1.165, 1.54) is 0 Å². The summed E-state index contributed by atoms with van der Waals surface area (Å²) in [5.41, 5.74) is 0.376. The summed E-state index contributed by atoms with van der Waals surface area (Å²) in [5, 5.41) is 14.6. The van der Waals surface area contributed by atoms with Crippen LogP contribution in [0.4, 0.5) is 0 Å². The lowest BCUT2D eigenvalue weighted by Gasteiger charge is -2.19. The van der Waals surface area contributed by atoms with Gasteiger partial charge in [0.05, 0.1) is 5.41 Å². The van der Waals surface area contributed by atoms with Gasteiger partial charge in [0.1, 0.15) is 0 Å². The maximum Gasteiger partial charge on any atom is 0.310 e. The minimum absolute atomic E-state index is 0.0559. The lowest BCUT2D eigenvalue weighted by molar-refractivity contribution is -0.146. The Labute approximate surface area is 148 Å². The van der Waals surface area contributed by atoms with E-state index in [1.54, 1.807) is 38.1 Å². The van der Waals surface area contributed by atoms with Crippen molar-refractivity contribution in [2.75, 3.05) is 6.54 Å². The average Bonchev–Trinajstić information content (AvgIpc) is 3.12. The van der Waals surface area contributed by atoms with E-state index >= 15 is 0 Å². The molecule has 2 amide bonds. The van der Waals surface area contributed by atoms with Gasteiger partial charge in [0.15, 0.2) is 0 Å². The number of carbonyl (C=O) groups is 3. The van der Waals surface area contributed by atoms with Gasteiger partial charge in [-0.15, -0.1) is 0 Å². The number of nitrogens with one attached hydrogen (secondary N) is 2. The Morgan fingerprint density at radius 3 is 2.24 bits per heavy atom. The first-order valence-corrected chi connectivity index (χ1v) is 8.68. The molecule has 1 aromatic rings. The number of carboxylic acids is 1. The van der Waals surface area contributed by atoms with Crippen molar-refractivity contribution in [3.8, 4) is 0 Å². The Kier molecular flexibility index (Phi) is 6.17. The molecule has 0 heterocycles. The molecule has 1 aliphatic carbocycles. The number of aliphatic carboxylic acids is 1. The number of hydrogen-bond acceptors (Lipinski definition) is 3. The molecule has 0 radical (unpaired) electrons. The van der Waals surface area contributed by atoms with Gasteiger partial charge in [-0.2, -0.15) is 0 Å². The fourth-order valence-electron chi connectivity index (χ4n) is 2.77. The fourth-order valence-corrected chi connectivity index (χ4v) is 2.77. The zero-order chi connectivity index (χ0) is 18.4. The second kappa shape index (κ2) is 8.14. The molecule has 0 aliphatic heterocycles. The van der Waals surface area contributed by atoms with Crippen LogP contribution in [0.25, 0.3) is 0 Å². The molecule has 0 atom stereocenters. The Morgan fingerprint density at radius 2 is 1.68 bits per heavy atom. The van der Waals surface area contributed by atoms with Crippen LogP contribution >= 0.6 is 0 Å². The summed E-state index contributed by atoms with van der Waals surface area (Å²) >= 11 is 0. The lowest BCUT2D eigenvalue weighted by atomic mass is 9.94. The molecule has 25 heavy (non-hydrogen) atoms. The number of carbonyl (C=O) groups excluding carboxylic acids is 2. The van der Waals surface area contributed by atoms with Crippen LogP contribution in [0.2, 0.25) is 0 Å². The molecule has 2 rings (SSSR count). The lowest BCUT2D eigenvalue weighted by Crippen LogP contribution is -2.38. The molecule has 0 bridgehead atoms. The molecular weight excluding hydrogens is 320 g/mol. The van der Waals surface area contributed by atoms with Crippen LogP contribution in [0.15, 0.2) is 24.3 Å². The van der Waals surface area contributed by atoms with Crippen molar-refractivity contribution in [3.63, 3.8) is 0 Å². The van der Waals surface area contributed by atoms with Gasteiger partial charge in [0, 0.05) is 24.6 Å². The van der Waals surface area contributed by atoms with Crippen molar-refractivity contribution in [1.29, 1.82) is 0 Å². The van der Waals surface area contributed by atoms with Crippen LogP contribution in [0.1, 0.15) is 55.5 Å². The van der Waals surface area contributed by atoms with E-state index in [2.05, 4.69) is 10.6 Å². The summed E-state index contributed by atoms with van der Waals surface area (Å²) in [7, 11) is 0. The van der Waals surface area contributed by atoms with Crippen LogP contribution in [-0.4, -0.2) is 29.4 Å². The van der Waals surface area contributed by atoms with Gasteiger partial charge in [-0.25, -0.2) is 0 Å². The van der Waals surface area contributed by atoms with Gasteiger partial charge in [-0.05, 0) is 44.4 Å². The van der Waals surface area contributed by atoms with E-state index in [9.17, 15) is 14.4 Å². The SMILES string of the molecule is CC(C)(CNC(=O)c1ccc(CNC(=O)C2CCCC2)cc1)C(=O)O. The van der Waals surface area contributed by atoms with Crippen LogP contribution in [0.5, 0.6) is 0 Å². The van der Waals surface area contributed by atoms with Crippen LogP contribution in [0.3, 0.4) is 0 Å². The van der Waals surface area contributed by atoms with Gasteiger partial charge in [0.25, 0.3) is 5.91 Å². The monoisotopic (exact) mass is 346 g/mol. The Morgan fingerprint density at radius 1 is 1.08 bits per heavy atom. The number of rotatable bonds is 7. The molecule has 0 unspecified atom stereocenters. The Hall–Kier alpha value is -2.37. The first kappa shape index (κ1) is 19.0. The molecule has 6 nitrogen and oxygen atoms in total. The van der Waals surface area contributed by atoms with E-state index < -0.39 is 11.4 Å². The van der Waals surface area contributed by atoms with Crippen LogP contribution in [0, 0.1) is 11.3 Å². The summed E-state index contributed by atoms with van der Waals surface area (Å²) < 4.78 is 0. The second-order valence-corrected chi connectivity index (χ2v) is 7.27. The van der Waals surface area contributed by atoms with Crippen molar-refractivity contribution in [2.24, 2.45) is 11.3 Å². The minimum Gasteiger partial charge on any atom is -0.481 e. The summed E-state index contributed by atoms with van der Waals surface area (Å²) in [6.45, 7) is 3.63. The van der Waals surface area contributed by atoms with E-state index in [0.717, 1.165) is 31.2 Å². The van der Waals surface area contributed by atoms with Gasteiger partial charge in [-0.1, -0.05) is 25.0 Å². The van der Waals surface area contributed by atoms with Gasteiger partial charge in [-0.3, -0.25) is 14.4 Å². The highest BCUT2D eigenvalue weighted by Crippen LogP contribution is 2.24. The quantitative estimate of drug-likeness (QED) is 0.706. The molecule has 1 aromatic carbocycles. The van der Waals surface area contributed by atoms with Gasteiger partial charge < -0.3 is 15.7 Å². The van der Waals surface area contributed by atoms with Crippen LogP contribution in [-0.2, 0) is 16.1 Å². The molecule has 1 aliphatic rings. The highest BCUT2D eigenvalue weighted by atomic mass is 16.4. The second-order valence-electron chi connectivity index (χ2n) is 7.27. The Bertz CT molecular complexity index is 631. The van der Waals surface area contributed by atoms with Crippen molar-refractivity contribution >= 4 is 17.8 Å². The highest BCUT2D eigenvalue weighted by molar-refractivity contribution is 5.94. The third-order valence-corrected chi connectivity index (χ3v) is 4.68. The number of amides is 2. The normalized spacial score (nSPS) is 15.0. The summed E-state index contributed by atoms with van der Waals surface area (Å²) in [6.07, 6.45) is 4.19. The topological polar surface area (TPSA) is 95.5 Å². The molecule has 1 saturated carbocycles. The Balaban J connectivity index is 1.83. The first-order valence-electron chi connectivity index (χ1n) is 8.68. The molecule has 136 valence electrons. The predicted octanol–water partition coefficient (Wildman–Crippen LogP) is 2.33. The zero-order valence-corrected chi connectivity index (χ0v) is 14.8. The summed E-state index contributed by atoms with van der Waals surface area (Å²) in [6, 6.07) is 6.96. The number of carboxylic acid groups (broad SMARTS) is 1. The molecule has 0 saturated heterocycles. The van der Waals surface area contributed by atoms with Gasteiger partial charge in [0.2, 0.25) is 5.91 Å². The van der Waals surface area contributed by atoms with E-state index in [-0.39, 0.29) is 24.3 Å². The predicted molar refractivity (Wildman–Crippen MR) is 94.0 cm³/mol. The fraction of sp³-hybridized carbons (Fsp3) is 0.526. The molecule has 0 aromatic heterocycles. The summed E-state index contributed by atoms with van der Waals surface area (Å²) in [4.78, 5) is 35.1. The van der Waals surface area contributed by atoms with E-state index in [1.807, 2.05) is 0 Å². The van der Waals surface area contributed by atoms with Crippen molar-refractivity contribution in [3.05, 3.63) is 35.4 Å². The third-order valence-electron chi connectivity index (χ3n) is 4.68. The number of benzene rings is 1. The summed E-state index contributed by atoms with van der Waals surface area (Å²) in [5.74, 6) is -1.02. The molecule has 6 heteroatoms. The zero-order valence-electron chi connectivity index (χ0n) is 14.8. The minimum atomic E-state index is -1.01. The highest BCUT2D eigenvalue weighted by Gasteiger charge is 2.27.